The van der Waals surface area contributed by atoms with E-state index in [-0.39, 0.29) is 0 Å². The molecule has 3 heterocycles. The predicted octanol–water partition coefficient (Wildman–Crippen LogP) is 4.66. The van der Waals surface area contributed by atoms with Crippen LogP contribution in [0.5, 0.6) is 11.5 Å². The van der Waals surface area contributed by atoms with Crippen LogP contribution >= 0.6 is 11.3 Å². The Hall–Kier alpha value is -3.32. The zero-order valence-electron chi connectivity index (χ0n) is 15.7. The molecule has 0 N–H and O–H groups in total. The second-order valence-corrected chi connectivity index (χ2v) is 7.36. The summed E-state index contributed by atoms with van der Waals surface area (Å²) >= 11 is 1.59. The maximum absolute atomic E-state index is 5.44. The van der Waals surface area contributed by atoms with Gasteiger partial charge in [0, 0.05) is 47.2 Å². The lowest BCUT2D eigenvalue weighted by Gasteiger charge is -2.07. The molecular formula is C21H18N4O2S. The van der Waals surface area contributed by atoms with Gasteiger partial charge in [-0.15, -0.1) is 11.3 Å². The summed E-state index contributed by atoms with van der Waals surface area (Å²) in [7, 11) is 5.30. The molecule has 0 fully saturated rings. The zero-order chi connectivity index (χ0) is 19.3. The summed E-state index contributed by atoms with van der Waals surface area (Å²) in [6, 6.07) is 12.3. The van der Waals surface area contributed by atoms with Crippen LogP contribution in [0, 0.1) is 0 Å². The van der Waals surface area contributed by atoms with Crippen LogP contribution < -0.4 is 9.47 Å². The molecule has 0 aliphatic rings. The molecule has 0 atom stereocenters. The summed E-state index contributed by atoms with van der Waals surface area (Å²) in [6.07, 6.45) is 3.85. The minimum atomic E-state index is 0.663. The number of imidazole rings is 1. The molecular weight excluding hydrogens is 372 g/mol. The summed E-state index contributed by atoms with van der Waals surface area (Å²) in [6.45, 7) is 0. The first-order chi connectivity index (χ1) is 13.7. The highest BCUT2D eigenvalue weighted by Gasteiger charge is 2.14. The third kappa shape index (κ3) is 2.55. The number of benzene rings is 2. The largest absolute Gasteiger partial charge is 0.493 e. The molecule has 0 saturated heterocycles. The molecule has 7 heteroatoms. The fourth-order valence-corrected chi connectivity index (χ4v) is 4.25. The maximum atomic E-state index is 5.44. The van der Waals surface area contributed by atoms with Crippen molar-refractivity contribution in [3.05, 3.63) is 54.3 Å². The summed E-state index contributed by atoms with van der Waals surface area (Å²) in [5.74, 6) is 1.33. The fraction of sp³-hybridized carbons (Fsp3) is 0.143. The van der Waals surface area contributed by atoms with E-state index in [1.807, 2.05) is 16.7 Å². The van der Waals surface area contributed by atoms with Crippen LogP contribution in [-0.4, -0.2) is 33.3 Å². The Bertz CT molecular complexity index is 1310. The van der Waals surface area contributed by atoms with Gasteiger partial charge in [0.05, 0.1) is 30.9 Å². The number of ether oxygens (including phenoxy) is 2. The van der Waals surface area contributed by atoms with Gasteiger partial charge in [-0.1, -0.05) is 6.07 Å². The van der Waals surface area contributed by atoms with E-state index in [2.05, 4.69) is 52.4 Å². The third-order valence-electron chi connectivity index (χ3n) is 4.93. The number of fused-ring (bicyclic) bond motifs is 2. The Morgan fingerprint density at radius 3 is 2.61 bits per heavy atom. The van der Waals surface area contributed by atoms with Gasteiger partial charge in [-0.3, -0.25) is 4.57 Å². The summed E-state index contributed by atoms with van der Waals surface area (Å²) in [5.41, 5.74) is 5.02. The highest BCUT2D eigenvalue weighted by atomic mass is 32.1. The SMILES string of the molecule is COc1cc2ncn(-c3nc(-c4ccc5c(ccn5C)c4)cs3)c2cc1OC. The number of thiazole rings is 1. The zero-order valence-corrected chi connectivity index (χ0v) is 16.5. The standard InChI is InChI=1S/C21H18N4O2S/c1-24-7-6-14-8-13(4-5-17(14)24)16-11-28-21(23-16)25-12-22-15-9-19(26-2)20(27-3)10-18(15)25/h4-12H,1-3H3. The van der Waals surface area contributed by atoms with Crippen molar-refractivity contribution < 1.29 is 9.47 Å². The topological polar surface area (TPSA) is 54.1 Å². The van der Waals surface area contributed by atoms with Crippen molar-refractivity contribution in [2.75, 3.05) is 14.2 Å². The second-order valence-electron chi connectivity index (χ2n) is 6.53. The van der Waals surface area contributed by atoms with Gasteiger partial charge in [-0.25, -0.2) is 9.97 Å². The molecule has 0 aliphatic heterocycles. The van der Waals surface area contributed by atoms with E-state index in [0.29, 0.717) is 11.5 Å². The van der Waals surface area contributed by atoms with E-state index in [1.54, 1.807) is 31.9 Å². The molecule has 2 aromatic carbocycles. The van der Waals surface area contributed by atoms with Crippen LogP contribution in [0.1, 0.15) is 0 Å². The average Bonchev–Trinajstić information content (AvgIpc) is 3.44. The van der Waals surface area contributed by atoms with Gasteiger partial charge in [0.15, 0.2) is 16.6 Å². The lowest BCUT2D eigenvalue weighted by molar-refractivity contribution is 0.355. The molecule has 6 nitrogen and oxygen atoms in total. The maximum Gasteiger partial charge on any atom is 0.195 e. The Morgan fingerprint density at radius 1 is 0.964 bits per heavy atom. The first-order valence-electron chi connectivity index (χ1n) is 8.78. The Kier molecular flexibility index (Phi) is 3.84. The Morgan fingerprint density at radius 2 is 1.79 bits per heavy atom. The lowest BCUT2D eigenvalue weighted by atomic mass is 10.1. The van der Waals surface area contributed by atoms with Crippen molar-refractivity contribution in [2.24, 2.45) is 7.05 Å². The highest BCUT2D eigenvalue weighted by Crippen LogP contribution is 2.34. The molecule has 0 radical (unpaired) electrons. The monoisotopic (exact) mass is 390 g/mol. The predicted molar refractivity (Wildman–Crippen MR) is 112 cm³/mol. The molecule has 0 aliphatic carbocycles. The van der Waals surface area contributed by atoms with Gasteiger partial charge in [0.25, 0.3) is 0 Å². The van der Waals surface area contributed by atoms with Crippen molar-refractivity contribution >= 4 is 33.3 Å². The van der Waals surface area contributed by atoms with Gasteiger partial charge in [-0.05, 0) is 18.2 Å². The molecule has 5 aromatic rings. The Labute approximate surface area is 165 Å². The number of methoxy groups -OCH3 is 2. The van der Waals surface area contributed by atoms with E-state index in [0.717, 1.165) is 27.4 Å². The number of rotatable bonds is 4. The number of aryl methyl sites for hydroxylation is 1. The van der Waals surface area contributed by atoms with Gasteiger partial charge < -0.3 is 14.0 Å². The smallest absolute Gasteiger partial charge is 0.195 e. The first kappa shape index (κ1) is 16.8. The van der Waals surface area contributed by atoms with E-state index in [1.165, 1.54) is 10.9 Å². The van der Waals surface area contributed by atoms with Crippen molar-refractivity contribution in [1.29, 1.82) is 0 Å². The normalized spacial score (nSPS) is 11.4. The van der Waals surface area contributed by atoms with Crippen molar-refractivity contribution in [3.8, 4) is 27.9 Å². The molecule has 0 unspecified atom stereocenters. The highest BCUT2D eigenvalue weighted by molar-refractivity contribution is 7.12. The molecule has 0 amide bonds. The van der Waals surface area contributed by atoms with Crippen LogP contribution in [0.4, 0.5) is 0 Å². The number of nitrogens with zero attached hydrogens (tertiary/aromatic N) is 4. The second kappa shape index (κ2) is 6.38. The minimum Gasteiger partial charge on any atom is -0.493 e. The van der Waals surface area contributed by atoms with Crippen LogP contribution in [0.15, 0.2) is 54.3 Å². The number of hydrogen-bond acceptors (Lipinski definition) is 5. The lowest BCUT2D eigenvalue weighted by Crippen LogP contribution is -1.94. The van der Waals surface area contributed by atoms with Crippen molar-refractivity contribution in [2.45, 2.75) is 0 Å². The number of hydrogen-bond donors (Lipinski definition) is 0. The quantitative estimate of drug-likeness (QED) is 0.448. The Balaban J connectivity index is 1.58. The van der Waals surface area contributed by atoms with E-state index >= 15 is 0 Å². The minimum absolute atomic E-state index is 0.663. The fourth-order valence-electron chi connectivity index (χ4n) is 3.44. The van der Waals surface area contributed by atoms with Crippen LogP contribution in [0.2, 0.25) is 0 Å². The van der Waals surface area contributed by atoms with E-state index in [9.17, 15) is 0 Å². The van der Waals surface area contributed by atoms with Gasteiger partial charge in [0.2, 0.25) is 0 Å². The van der Waals surface area contributed by atoms with Gasteiger partial charge in [0.1, 0.15) is 6.33 Å². The molecule has 0 saturated carbocycles. The van der Waals surface area contributed by atoms with Gasteiger partial charge >= 0.3 is 0 Å². The van der Waals surface area contributed by atoms with E-state index < -0.39 is 0 Å². The molecule has 0 bridgehead atoms. The average molecular weight is 390 g/mol. The number of aromatic nitrogens is 4. The molecule has 3 aromatic heterocycles. The summed E-state index contributed by atoms with van der Waals surface area (Å²) < 4.78 is 14.9. The summed E-state index contributed by atoms with van der Waals surface area (Å²) in [4.78, 5) is 9.34. The van der Waals surface area contributed by atoms with Crippen LogP contribution in [-0.2, 0) is 7.05 Å². The van der Waals surface area contributed by atoms with Crippen LogP contribution in [0.3, 0.4) is 0 Å². The summed E-state index contributed by atoms with van der Waals surface area (Å²) in [5, 5.41) is 4.14. The molecule has 0 spiro atoms. The molecule has 140 valence electrons. The third-order valence-corrected chi connectivity index (χ3v) is 5.77. The van der Waals surface area contributed by atoms with Crippen molar-refractivity contribution in [3.63, 3.8) is 0 Å². The molecule has 28 heavy (non-hydrogen) atoms. The van der Waals surface area contributed by atoms with E-state index in [4.69, 9.17) is 14.5 Å². The molecule has 5 rings (SSSR count). The van der Waals surface area contributed by atoms with Crippen molar-refractivity contribution in [1.82, 2.24) is 19.1 Å². The van der Waals surface area contributed by atoms with Crippen LogP contribution in [0.25, 0.3) is 38.3 Å². The first-order valence-corrected chi connectivity index (χ1v) is 9.66. The van der Waals surface area contributed by atoms with Gasteiger partial charge in [-0.2, -0.15) is 0 Å².